The number of fused-ring (bicyclic) bond motifs is 2. The van der Waals surface area contributed by atoms with Crippen LogP contribution in [0.1, 0.15) is 40.9 Å². The van der Waals surface area contributed by atoms with Crippen LogP contribution in [0.2, 0.25) is 0 Å². The molecule has 0 saturated heterocycles. The Labute approximate surface area is 157 Å². The fourth-order valence-electron chi connectivity index (χ4n) is 3.49. The molecule has 0 bridgehead atoms. The molecule has 26 heavy (non-hydrogen) atoms. The van der Waals surface area contributed by atoms with Crippen LogP contribution in [0.5, 0.6) is 0 Å². The minimum Gasteiger partial charge on any atom is -0.467 e. The van der Waals surface area contributed by atoms with Gasteiger partial charge in [-0.2, -0.15) is 11.8 Å². The van der Waals surface area contributed by atoms with Crippen LogP contribution >= 0.6 is 11.8 Å². The number of rotatable bonds is 6. The van der Waals surface area contributed by atoms with Gasteiger partial charge in [0.15, 0.2) is 0 Å². The smallest absolute Gasteiger partial charge is 0.328 e. The molecule has 1 atom stereocenters. The maximum Gasteiger partial charge on any atom is 0.328 e. The number of nitrogens with zero attached hydrogens (tertiary/aromatic N) is 1. The number of amides is 1. The molecule has 0 aliphatic heterocycles. The lowest BCUT2D eigenvalue weighted by Crippen LogP contribution is -2.42. The van der Waals surface area contributed by atoms with Crippen molar-refractivity contribution >= 4 is 34.5 Å². The predicted molar refractivity (Wildman–Crippen MR) is 105 cm³/mol. The Bertz CT molecular complexity index is 822. The van der Waals surface area contributed by atoms with Gasteiger partial charge in [-0.3, -0.25) is 9.78 Å². The number of benzene rings is 1. The summed E-state index contributed by atoms with van der Waals surface area (Å²) in [5.74, 6) is 0.160. The van der Waals surface area contributed by atoms with Crippen molar-refractivity contribution in [3.8, 4) is 0 Å². The maximum absolute atomic E-state index is 13.2. The van der Waals surface area contributed by atoms with Crippen molar-refractivity contribution < 1.29 is 14.3 Å². The van der Waals surface area contributed by atoms with Crippen LogP contribution in [0.15, 0.2) is 24.3 Å². The van der Waals surface area contributed by atoms with Crippen LogP contribution in [0.3, 0.4) is 0 Å². The van der Waals surface area contributed by atoms with Gasteiger partial charge in [-0.05, 0) is 55.7 Å². The summed E-state index contributed by atoms with van der Waals surface area (Å²) in [5.41, 5.74) is 3.54. The summed E-state index contributed by atoms with van der Waals surface area (Å²) in [7, 11) is 1.35. The highest BCUT2D eigenvalue weighted by Gasteiger charge is 2.26. The van der Waals surface area contributed by atoms with Crippen molar-refractivity contribution in [1.82, 2.24) is 10.3 Å². The van der Waals surface area contributed by atoms with Gasteiger partial charge in [0.25, 0.3) is 5.91 Å². The van der Waals surface area contributed by atoms with Crippen LogP contribution in [-0.4, -0.2) is 42.0 Å². The van der Waals surface area contributed by atoms with Gasteiger partial charge in [0.05, 0.1) is 18.2 Å². The minimum absolute atomic E-state index is 0.210. The van der Waals surface area contributed by atoms with Gasteiger partial charge in [-0.1, -0.05) is 18.2 Å². The Morgan fingerprint density at radius 2 is 2.04 bits per heavy atom. The third-order valence-corrected chi connectivity index (χ3v) is 5.44. The highest BCUT2D eigenvalue weighted by molar-refractivity contribution is 7.98. The third-order valence-electron chi connectivity index (χ3n) is 4.80. The molecular formula is C20H24N2O3S. The Morgan fingerprint density at radius 3 is 2.81 bits per heavy atom. The summed E-state index contributed by atoms with van der Waals surface area (Å²) in [6, 6.07) is 7.09. The van der Waals surface area contributed by atoms with Gasteiger partial charge in [-0.15, -0.1) is 0 Å². The number of hydrogen-bond donors (Lipinski definition) is 1. The lowest BCUT2D eigenvalue weighted by atomic mass is 9.89. The number of esters is 1. The fraction of sp³-hybridized carbons (Fsp3) is 0.450. The molecule has 0 radical (unpaired) electrons. The number of para-hydroxylation sites is 1. The van der Waals surface area contributed by atoms with E-state index >= 15 is 0 Å². The number of carbonyl (C=O) groups excluding carboxylic acids is 2. The second-order valence-electron chi connectivity index (χ2n) is 6.47. The highest BCUT2D eigenvalue weighted by Crippen LogP contribution is 2.29. The van der Waals surface area contributed by atoms with Gasteiger partial charge in [0.1, 0.15) is 6.04 Å². The van der Waals surface area contributed by atoms with Crippen molar-refractivity contribution in [1.29, 1.82) is 0 Å². The molecule has 1 aromatic heterocycles. The summed E-state index contributed by atoms with van der Waals surface area (Å²) in [5, 5.41) is 3.75. The van der Waals surface area contributed by atoms with Crippen molar-refractivity contribution in [2.24, 2.45) is 0 Å². The van der Waals surface area contributed by atoms with E-state index in [1.54, 1.807) is 11.8 Å². The second kappa shape index (κ2) is 8.54. The first kappa shape index (κ1) is 18.7. The maximum atomic E-state index is 13.2. The van der Waals surface area contributed by atoms with Crippen LogP contribution in [0, 0.1) is 0 Å². The van der Waals surface area contributed by atoms with Crippen molar-refractivity contribution in [3.63, 3.8) is 0 Å². The van der Waals surface area contributed by atoms with Gasteiger partial charge >= 0.3 is 5.97 Å². The van der Waals surface area contributed by atoms with Gasteiger partial charge in [0, 0.05) is 11.1 Å². The minimum atomic E-state index is -0.633. The Hall–Kier alpha value is -2.08. The SMILES string of the molecule is COC(=O)C(CCSC)NC(=O)c1c2c(nc3ccccc13)CCCC2. The quantitative estimate of drug-likeness (QED) is 0.789. The van der Waals surface area contributed by atoms with E-state index in [1.165, 1.54) is 7.11 Å². The van der Waals surface area contributed by atoms with Gasteiger partial charge < -0.3 is 10.1 Å². The number of aromatic nitrogens is 1. The van der Waals surface area contributed by atoms with Crippen molar-refractivity contribution in [2.45, 2.75) is 38.1 Å². The number of thioether (sulfide) groups is 1. The Balaban J connectivity index is 2.00. The molecule has 2 aromatic rings. The second-order valence-corrected chi connectivity index (χ2v) is 7.45. The zero-order chi connectivity index (χ0) is 18.5. The molecule has 6 heteroatoms. The molecule has 1 aliphatic rings. The molecule has 1 heterocycles. The Kier molecular flexibility index (Phi) is 6.14. The standard InChI is InChI=1S/C20H24N2O3S/c1-25-20(24)17(11-12-26-2)22-19(23)18-13-7-3-5-9-15(13)21-16-10-6-4-8-14(16)18/h3,5,7,9,17H,4,6,8,10-12H2,1-2H3,(H,22,23). The zero-order valence-electron chi connectivity index (χ0n) is 15.2. The average Bonchev–Trinajstić information content (AvgIpc) is 2.68. The van der Waals surface area contributed by atoms with E-state index in [9.17, 15) is 9.59 Å². The lowest BCUT2D eigenvalue weighted by molar-refractivity contribution is -0.142. The number of aryl methyl sites for hydroxylation is 1. The number of carbonyl (C=O) groups is 2. The van der Waals surface area contributed by atoms with E-state index < -0.39 is 12.0 Å². The molecule has 0 fully saturated rings. The first-order chi connectivity index (χ1) is 12.7. The molecule has 138 valence electrons. The average molecular weight is 372 g/mol. The topological polar surface area (TPSA) is 68.3 Å². The monoisotopic (exact) mass is 372 g/mol. The number of methoxy groups -OCH3 is 1. The van der Waals surface area contributed by atoms with E-state index in [4.69, 9.17) is 9.72 Å². The lowest BCUT2D eigenvalue weighted by Gasteiger charge is -2.22. The summed E-state index contributed by atoms with van der Waals surface area (Å²) >= 11 is 1.64. The molecule has 1 N–H and O–H groups in total. The van der Waals surface area contributed by atoms with E-state index in [-0.39, 0.29) is 5.91 Å². The summed E-state index contributed by atoms with van der Waals surface area (Å²) in [6.07, 6.45) is 6.42. The molecule has 1 aliphatic carbocycles. The number of nitrogens with one attached hydrogen (secondary N) is 1. The van der Waals surface area contributed by atoms with Gasteiger partial charge in [0.2, 0.25) is 0 Å². The Morgan fingerprint density at radius 1 is 1.27 bits per heavy atom. The fourth-order valence-corrected chi connectivity index (χ4v) is 3.96. The largest absolute Gasteiger partial charge is 0.467 e. The first-order valence-corrected chi connectivity index (χ1v) is 10.3. The van der Waals surface area contributed by atoms with Crippen LogP contribution in [-0.2, 0) is 22.4 Å². The third kappa shape index (κ3) is 3.85. The van der Waals surface area contributed by atoms with Crippen molar-refractivity contribution in [3.05, 3.63) is 41.1 Å². The molecule has 5 nitrogen and oxygen atoms in total. The molecule has 0 spiro atoms. The molecule has 3 rings (SSSR count). The van der Waals surface area contributed by atoms with Crippen LogP contribution in [0.25, 0.3) is 10.9 Å². The van der Waals surface area contributed by atoms with E-state index in [0.717, 1.165) is 53.6 Å². The van der Waals surface area contributed by atoms with E-state index in [2.05, 4.69) is 5.32 Å². The van der Waals surface area contributed by atoms with E-state index in [1.807, 2.05) is 30.5 Å². The normalized spacial score (nSPS) is 14.5. The highest BCUT2D eigenvalue weighted by atomic mass is 32.2. The molecule has 1 unspecified atom stereocenters. The molecule has 1 aromatic carbocycles. The summed E-state index contributed by atoms with van der Waals surface area (Å²) in [6.45, 7) is 0. The van der Waals surface area contributed by atoms with Crippen LogP contribution in [0.4, 0.5) is 0 Å². The first-order valence-electron chi connectivity index (χ1n) is 8.93. The number of pyridine rings is 1. The zero-order valence-corrected chi connectivity index (χ0v) is 16.0. The number of ether oxygens (including phenoxy) is 1. The van der Waals surface area contributed by atoms with Gasteiger partial charge in [-0.25, -0.2) is 4.79 Å². The molecule has 1 amide bonds. The summed E-state index contributed by atoms with van der Waals surface area (Å²) in [4.78, 5) is 30.0. The predicted octanol–water partition coefficient (Wildman–Crippen LogP) is 3.14. The summed E-state index contributed by atoms with van der Waals surface area (Å²) < 4.78 is 4.87. The van der Waals surface area contributed by atoms with Crippen molar-refractivity contribution in [2.75, 3.05) is 19.1 Å². The molecular weight excluding hydrogens is 348 g/mol. The van der Waals surface area contributed by atoms with E-state index in [0.29, 0.717) is 12.0 Å². The van der Waals surface area contributed by atoms with Crippen LogP contribution < -0.4 is 5.32 Å². The number of hydrogen-bond acceptors (Lipinski definition) is 5. The molecule has 0 saturated carbocycles.